The fourth-order valence-electron chi connectivity index (χ4n) is 2.42. The van der Waals surface area contributed by atoms with E-state index in [1.54, 1.807) is 10.9 Å². The van der Waals surface area contributed by atoms with Crippen LogP contribution in [0, 0.1) is 0 Å². The lowest BCUT2D eigenvalue weighted by atomic mass is 10.0. The molecule has 1 atom stereocenters. The molecule has 2 heterocycles. The number of aromatic nitrogens is 2. The second-order valence-electron chi connectivity index (χ2n) is 4.99. The van der Waals surface area contributed by atoms with Crippen LogP contribution < -0.4 is 10.6 Å². The van der Waals surface area contributed by atoms with Crippen LogP contribution in [-0.4, -0.2) is 28.3 Å². The lowest BCUT2D eigenvalue weighted by Gasteiger charge is -2.22. The summed E-state index contributed by atoms with van der Waals surface area (Å²) in [6.45, 7) is 0.927. The molecular formula is C15H18N4O. The number of hydrogen-bond acceptors (Lipinski definition) is 3. The molecule has 0 aliphatic carbocycles. The molecule has 1 fully saturated rings. The standard InChI is InChI=1S/C15H18N4O/c20-15(14-4-1-2-9-16-14)18-12-5-7-13(8-6-12)19-11-3-10-17-19/h3,5-8,10-11,14,16H,1-2,4,9H2,(H,18,20)/t14-/m0/s1. The molecule has 1 amide bonds. The van der Waals surface area contributed by atoms with Gasteiger partial charge in [0.1, 0.15) is 0 Å². The zero-order valence-electron chi connectivity index (χ0n) is 11.2. The highest BCUT2D eigenvalue weighted by Crippen LogP contribution is 2.14. The first kappa shape index (κ1) is 12.9. The van der Waals surface area contributed by atoms with Crippen molar-refractivity contribution in [2.45, 2.75) is 25.3 Å². The van der Waals surface area contributed by atoms with Gasteiger partial charge in [-0.25, -0.2) is 4.68 Å². The van der Waals surface area contributed by atoms with Crippen LogP contribution in [0.4, 0.5) is 5.69 Å². The molecule has 0 radical (unpaired) electrons. The maximum atomic E-state index is 12.1. The topological polar surface area (TPSA) is 59.0 Å². The second kappa shape index (κ2) is 5.88. The molecule has 0 spiro atoms. The summed E-state index contributed by atoms with van der Waals surface area (Å²) in [6.07, 6.45) is 6.81. The molecule has 0 unspecified atom stereocenters. The highest BCUT2D eigenvalue weighted by Gasteiger charge is 2.20. The van der Waals surface area contributed by atoms with Crippen LogP contribution in [0.1, 0.15) is 19.3 Å². The van der Waals surface area contributed by atoms with E-state index in [0.29, 0.717) is 0 Å². The summed E-state index contributed by atoms with van der Waals surface area (Å²) < 4.78 is 1.79. The first-order valence-electron chi connectivity index (χ1n) is 6.97. The number of carbonyl (C=O) groups is 1. The number of hydrogen-bond donors (Lipinski definition) is 2. The van der Waals surface area contributed by atoms with Crippen molar-refractivity contribution in [3.63, 3.8) is 0 Å². The van der Waals surface area contributed by atoms with Crippen molar-refractivity contribution in [3.05, 3.63) is 42.7 Å². The molecule has 5 heteroatoms. The number of benzene rings is 1. The van der Waals surface area contributed by atoms with Crippen molar-refractivity contribution in [1.82, 2.24) is 15.1 Å². The Morgan fingerprint density at radius 1 is 1.30 bits per heavy atom. The molecule has 104 valence electrons. The molecule has 1 saturated heterocycles. The predicted molar refractivity (Wildman–Crippen MR) is 77.8 cm³/mol. The minimum atomic E-state index is -0.0606. The van der Waals surface area contributed by atoms with Crippen LogP contribution in [0.3, 0.4) is 0 Å². The maximum Gasteiger partial charge on any atom is 0.241 e. The highest BCUT2D eigenvalue weighted by atomic mass is 16.2. The van der Waals surface area contributed by atoms with E-state index >= 15 is 0 Å². The van der Waals surface area contributed by atoms with Gasteiger partial charge >= 0.3 is 0 Å². The number of rotatable bonds is 3. The Bertz CT molecular complexity index is 556. The first-order valence-corrected chi connectivity index (χ1v) is 6.97. The van der Waals surface area contributed by atoms with Crippen molar-refractivity contribution in [1.29, 1.82) is 0 Å². The van der Waals surface area contributed by atoms with Gasteiger partial charge < -0.3 is 10.6 Å². The lowest BCUT2D eigenvalue weighted by molar-refractivity contribution is -0.118. The van der Waals surface area contributed by atoms with Crippen LogP contribution in [0.5, 0.6) is 0 Å². The third kappa shape index (κ3) is 2.88. The summed E-state index contributed by atoms with van der Waals surface area (Å²) in [4.78, 5) is 12.1. The van der Waals surface area contributed by atoms with E-state index in [4.69, 9.17) is 0 Å². The SMILES string of the molecule is O=C(Nc1ccc(-n2cccn2)cc1)[C@@H]1CCCCN1. The van der Waals surface area contributed by atoms with Gasteiger partial charge in [-0.05, 0) is 49.7 Å². The summed E-state index contributed by atoms with van der Waals surface area (Å²) in [6, 6.07) is 9.50. The molecular weight excluding hydrogens is 252 g/mol. The molecule has 3 rings (SSSR count). The van der Waals surface area contributed by atoms with Crippen LogP contribution in [-0.2, 0) is 4.79 Å². The Kier molecular flexibility index (Phi) is 3.78. The van der Waals surface area contributed by atoms with Gasteiger partial charge in [0, 0.05) is 18.1 Å². The van der Waals surface area contributed by atoms with E-state index in [1.807, 2.05) is 36.5 Å². The quantitative estimate of drug-likeness (QED) is 0.896. The molecule has 1 aromatic heterocycles. The maximum absolute atomic E-state index is 12.1. The number of anilines is 1. The number of amides is 1. The number of carbonyl (C=O) groups excluding carboxylic acids is 1. The van der Waals surface area contributed by atoms with Crippen LogP contribution in [0.15, 0.2) is 42.7 Å². The average Bonchev–Trinajstić information content (AvgIpc) is 3.03. The van der Waals surface area contributed by atoms with E-state index in [0.717, 1.165) is 37.2 Å². The van der Waals surface area contributed by atoms with E-state index in [-0.39, 0.29) is 11.9 Å². The third-order valence-corrected chi connectivity index (χ3v) is 3.53. The van der Waals surface area contributed by atoms with Crippen molar-refractivity contribution in [2.75, 3.05) is 11.9 Å². The van der Waals surface area contributed by atoms with E-state index in [9.17, 15) is 4.79 Å². The van der Waals surface area contributed by atoms with Gasteiger partial charge in [0.05, 0.1) is 11.7 Å². The van der Waals surface area contributed by atoms with Crippen LogP contribution in [0.2, 0.25) is 0 Å². The molecule has 1 aliphatic rings. The Labute approximate surface area is 118 Å². The van der Waals surface area contributed by atoms with Crippen molar-refractivity contribution < 1.29 is 4.79 Å². The monoisotopic (exact) mass is 270 g/mol. The van der Waals surface area contributed by atoms with Crippen molar-refractivity contribution in [2.24, 2.45) is 0 Å². The van der Waals surface area contributed by atoms with Gasteiger partial charge in [-0.15, -0.1) is 0 Å². The highest BCUT2D eigenvalue weighted by molar-refractivity contribution is 5.94. The fourth-order valence-corrected chi connectivity index (χ4v) is 2.42. The van der Waals surface area contributed by atoms with E-state index < -0.39 is 0 Å². The number of nitrogens with one attached hydrogen (secondary N) is 2. The Balaban J connectivity index is 1.64. The van der Waals surface area contributed by atoms with Crippen molar-refractivity contribution in [3.8, 4) is 5.69 Å². The molecule has 2 N–H and O–H groups in total. The summed E-state index contributed by atoms with van der Waals surface area (Å²) >= 11 is 0. The van der Waals surface area contributed by atoms with Crippen molar-refractivity contribution >= 4 is 11.6 Å². The minimum Gasteiger partial charge on any atom is -0.325 e. The lowest BCUT2D eigenvalue weighted by Crippen LogP contribution is -2.43. The van der Waals surface area contributed by atoms with E-state index in [2.05, 4.69) is 15.7 Å². The minimum absolute atomic E-state index is 0.0524. The van der Waals surface area contributed by atoms with Gasteiger partial charge in [-0.2, -0.15) is 5.10 Å². The fraction of sp³-hybridized carbons (Fsp3) is 0.333. The molecule has 0 saturated carbocycles. The average molecular weight is 270 g/mol. The van der Waals surface area contributed by atoms with Gasteiger partial charge in [-0.1, -0.05) is 6.42 Å². The van der Waals surface area contributed by atoms with Gasteiger partial charge in [0.2, 0.25) is 5.91 Å². The molecule has 2 aromatic rings. The smallest absolute Gasteiger partial charge is 0.241 e. The van der Waals surface area contributed by atoms with E-state index in [1.165, 1.54) is 0 Å². The molecule has 1 aromatic carbocycles. The van der Waals surface area contributed by atoms with Crippen LogP contribution in [0.25, 0.3) is 5.69 Å². The van der Waals surface area contributed by atoms with Gasteiger partial charge in [0.25, 0.3) is 0 Å². The zero-order chi connectivity index (χ0) is 13.8. The third-order valence-electron chi connectivity index (χ3n) is 3.53. The Morgan fingerprint density at radius 3 is 2.80 bits per heavy atom. The molecule has 0 bridgehead atoms. The largest absolute Gasteiger partial charge is 0.325 e. The summed E-state index contributed by atoms with van der Waals surface area (Å²) in [7, 11) is 0. The molecule has 5 nitrogen and oxygen atoms in total. The molecule has 20 heavy (non-hydrogen) atoms. The van der Waals surface area contributed by atoms with Gasteiger partial charge in [0.15, 0.2) is 0 Å². The second-order valence-corrected chi connectivity index (χ2v) is 4.99. The summed E-state index contributed by atoms with van der Waals surface area (Å²) in [5.74, 6) is 0.0524. The van der Waals surface area contributed by atoms with Gasteiger partial charge in [-0.3, -0.25) is 4.79 Å². The predicted octanol–water partition coefficient (Wildman–Crippen LogP) is 1.95. The Hall–Kier alpha value is -2.14. The zero-order valence-corrected chi connectivity index (χ0v) is 11.2. The Morgan fingerprint density at radius 2 is 2.15 bits per heavy atom. The molecule has 1 aliphatic heterocycles. The summed E-state index contributed by atoms with van der Waals surface area (Å²) in [5.41, 5.74) is 1.79. The number of piperidine rings is 1. The number of nitrogens with zero attached hydrogens (tertiary/aromatic N) is 2. The first-order chi connectivity index (χ1) is 9.83. The summed E-state index contributed by atoms with van der Waals surface area (Å²) in [5, 5.41) is 10.4. The van der Waals surface area contributed by atoms with Crippen LogP contribution >= 0.6 is 0 Å². The normalized spacial score (nSPS) is 18.7.